The summed E-state index contributed by atoms with van der Waals surface area (Å²) in [7, 11) is 1.70. The van der Waals surface area contributed by atoms with Gasteiger partial charge in [0.2, 0.25) is 0 Å². The fourth-order valence-corrected chi connectivity index (χ4v) is 8.85. The Bertz CT molecular complexity index is 1160. The second-order valence-corrected chi connectivity index (χ2v) is 11.1. The van der Waals surface area contributed by atoms with Crippen LogP contribution in [0, 0.1) is 17.8 Å². The van der Waals surface area contributed by atoms with Gasteiger partial charge in [0.1, 0.15) is 6.61 Å². The van der Waals surface area contributed by atoms with Gasteiger partial charge in [-0.1, -0.05) is 47.7 Å². The molecule has 1 N–H and O–H groups in total. The number of H-pyrrole nitrogens is 1. The van der Waals surface area contributed by atoms with E-state index in [0.717, 1.165) is 33.9 Å². The summed E-state index contributed by atoms with van der Waals surface area (Å²) >= 11 is 3.32. The first-order valence-electron chi connectivity index (χ1n) is 11.0. The lowest BCUT2D eigenvalue weighted by Crippen LogP contribution is -2.33. The minimum absolute atomic E-state index is 0.0598. The molecule has 0 saturated heterocycles. The summed E-state index contributed by atoms with van der Waals surface area (Å²) in [5, 5.41) is 1.71. The first-order valence-corrected chi connectivity index (χ1v) is 12.6. The van der Waals surface area contributed by atoms with Crippen LogP contribution in [0.4, 0.5) is 0 Å². The number of benzene rings is 2. The van der Waals surface area contributed by atoms with Crippen molar-refractivity contribution < 1.29 is 9.47 Å². The van der Waals surface area contributed by atoms with Crippen LogP contribution < -0.4 is 14.3 Å². The molecule has 160 valence electrons. The lowest BCUT2D eigenvalue weighted by Gasteiger charge is -2.40. The Morgan fingerprint density at radius 1 is 1.06 bits per heavy atom. The van der Waals surface area contributed by atoms with E-state index in [1.54, 1.807) is 7.11 Å². The Kier molecular flexibility index (Phi) is 4.87. The van der Waals surface area contributed by atoms with E-state index in [9.17, 15) is 4.79 Å². The lowest BCUT2D eigenvalue weighted by atomic mass is 9.75. The SMILES string of the molecule is COc1cc([C@@H]2c3sc(=O)[nH]c3S[C@@H]3[C@@H]4CC[C@@H](C4)[C@H]23)ccc1OCc1ccccc1. The number of aromatic nitrogens is 1. The van der Waals surface area contributed by atoms with Crippen molar-refractivity contribution in [3.05, 3.63) is 74.2 Å². The Morgan fingerprint density at radius 2 is 1.90 bits per heavy atom. The molecule has 5 atom stereocenters. The average Bonchev–Trinajstić information content (AvgIpc) is 3.51. The Labute approximate surface area is 190 Å². The standard InChI is InChI=1S/C25H25NO3S2/c1-28-19-12-16(9-10-18(19)29-13-14-5-3-2-4-6-14)21-20-15-7-8-17(11-15)22(20)30-24-23(21)31-25(27)26-24/h2-6,9-10,12,15,17,20-22H,7-8,11,13H2,1H3,(H,26,27)/t15-,17+,20+,21-,22+/m0/s1. The molecule has 2 aromatic carbocycles. The van der Waals surface area contributed by atoms with Crippen LogP contribution in [0.3, 0.4) is 0 Å². The van der Waals surface area contributed by atoms with Crippen LogP contribution in [-0.4, -0.2) is 17.3 Å². The van der Waals surface area contributed by atoms with Crippen molar-refractivity contribution >= 4 is 23.1 Å². The predicted molar refractivity (Wildman–Crippen MR) is 125 cm³/mol. The van der Waals surface area contributed by atoms with Crippen LogP contribution in [0.5, 0.6) is 11.5 Å². The van der Waals surface area contributed by atoms with E-state index in [-0.39, 0.29) is 10.8 Å². The van der Waals surface area contributed by atoms with E-state index >= 15 is 0 Å². The van der Waals surface area contributed by atoms with Gasteiger partial charge in [0.25, 0.3) is 0 Å². The molecule has 4 nitrogen and oxygen atoms in total. The largest absolute Gasteiger partial charge is 0.493 e. The van der Waals surface area contributed by atoms with Crippen LogP contribution in [-0.2, 0) is 6.61 Å². The molecule has 0 amide bonds. The van der Waals surface area contributed by atoms with Crippen molar-refractivity contribution in [3.8, 4) is 11.5 Å². The zero-order valence-corrected chi connectivity index (χ0v) is 19.0. The molecule has 0 spiro atoms. The van der Waals surface area contributed by atoms with Crippen molar-refractivity contribution in [2.75, 3.05) is 7.11 Å². The fraction of sp³-hybridized carbons (Fsp3) is 0.400. The second kappa shape index (κ2) is 7.75. The molecule has 3 aliphatic rings. The van der Waals surface area contributed by atoms with Gasteiger partial charge in [-0.05, 0) is 60.3 Å². The maximum absolute atomic E-state index is 12.2. The van der Waals surface area contributed by atoms with Crippen molar-refractivity contribution in [1.82, 2.24) is 4.98 Å². The number of ether oxygens (including phenoxy) is 2. The van der Waals surface area contributed by atoms with Gasteiger partial charge in [-0.15, -0.1) is 11.8 Å². The van der Waals surface area contributed by atoms with E-state index in [0.29, 0.717) is 17.8 Å². The highest BCUT2D eigenvalue weighted by molar-refractivity contribution is 8.00. The number of hydrogen-bond donors (Lipinski definition) is 1. The van der Waals surface area contributed by atoms with Gasteiger partial charge in [-0.3, -0.25) is 4.79 Å². The van der Waals surface area contributed by atoms with E-state index in [4.69, 9.17) is 9.47 Å². The fourth-order valence-electron chi connectivity index (χ4n) is 5.95. The molecule has 0 unspecified atom stereocenters. The van der Waals surface area contributed by atoms with E-state index < -0.39 is 0 Å². The van der Waals surface area contributed by atoms with Gasteiger partial charge in [0, 0.05) is 16.0 Å². The number of nitrogens with one attached hydrogen (secondary N) is 1. The van der Waals surface area contributed by atoms with Crippen LogP contribution in [0.25, 0.3) is 0 Å². The lowest BCUT2D eigenvalue weighted by molar-refractivity contribution is 0.282. The van der Waals surface area contributed by atoms with Crippen LogP contribution in [0.15, 0.2) is 58.4 Å². The molecule has 2 saturated carbocycles. The molecular weight excluding hydrogens is 426 g/mol. The third kappa shape index (κ3) is 3.31. The third-order valence-electron chi connectivity index (χ3n) is 7.25. The van der Waals surface area contributed by atoms with Gasteiger partial charge < -0.3 is 14.5 Å². The van der Waals surface area contributed by atoms with Gasteiger partial charge in [-0.2, -0.15) is 0 Å². The van der Waals surface area contributed by atoms with Crippen molar-refractivity contribution in [2.45, 2.75) is 42.1 Å². The number of methoxy groups -OCH3 is 1. The number of rotatable bonds is 5. The molecule has 6 rings (SSSR count). The summed E-state index contributed by atoms with van der Waals surface area (Å²) in [6, 6.07) is 16.5. The van der Waals surface area contributed by atoms with Crippen molar-refractivity contribution in [3.63, 3.8) is 0 Å². The Morgan fingerprint density at radius 3 is 2.74 bits per heavy atom. The monoisotopic (exact) mass is 451 g/mol. The highest BCUT2D eigenvalue weighted by Crippen LogP contribution is 2.63. The molecular formula is C25H25NO3S2. The van der Waals surface area contributed by atoms with E-state index in [2.05, 4.69) is 29.2 Å². The molecule has 3 aromatic rings. The van der Waals surface area contributed by atoms with Gasteiger partial charge in [0.05, 0.1) is 12.1 Å². The predicted octanol–water partition coefficient (Wildman–Crippen LogP) is 5.68. The summed E-state index contributed by atoms with van der Waals surface area (Å²) in [4.78, 5) is 16.6. The number of thiazole rings is 1. The summed E-state index contributed by atoms with van der Waals surface area (Å²) in [6.07, 6.45) is 4.01. The molecule has 6 heteroatoms. The summed E-state index contributed by atoms with van der Waals surface area (Å²) < 4.78 is 11.8. The van der Waals surface area contributed by atoms with Crippen molar-refractivity contribution in [2.24, 2.45) is 17.8 Å². The summed E-state index contributed by atoms with van der Waals surface area (Å²) in [6.45, 7) is 0.509. The second-order valence-electron chi connectivity index (χ2n) is 8.86. The molecule has 2 fully saturated rings. The zero-order valence-electron chi connectivity index (χ0n) is 17.4. The molecule has 31 heavy (non-hydrogen) atoms. The topological polar surface area (TPSA) is 51.3 Å². The number of fused-ring (bicyclic) bond motifs is 6. The minimum Gasteiger partial charge on any atom is -0.493 e. The summed E-state index contributed by atoms with van der Waals surface area (Å²) in [5.41, 5.74) is 2.37. The molecule has 1 aliphatic heterocycles. The number of hydrogen-bond acceptors (Lipinski definition) is 5. The first kappa shape index (κ1) is 19.5. The molecule has 2 bridgehead atoms. The summed E-state index contributed by atoms with van der Waals surface area (Å²) in [5.74, 6) is 3.93. The molecule has 1 aromatic heterocycles. The quantitative estimate of drug-likeness (QED) is 0.543. The zero-order chi connectivity index (χ0) is 20.9. The molecule has 2 heterocycles. The van der Waals surface area contributed by atoms with Gasteiger partial charge in [0.15, 0.2) is 11.5 Å². The number of thioether (sulfide) groups is 1. The maximum Gasteiger partial charge on any atom is 0.305 e. The minimum atomic E-state index is 0.0598. The van der Waals surface area contributed by atoms with E-state index in [1.165, 1.54) is 41.0 Å². The highest BCUT2D eigenvalue weighted by atomic mass is 32.2. The Balaban J connectivity index is 1.35. The van der Waals surface area contributed by atoms with Gasteiger partial charge in [-0.25, -0.2) is 0 Å². The van der Waals surface area contributed by atoms with Crippen LogP contribution in [0.2, 0.25) is 0 Å². The highest BCUT2D eigenvalue weighted by Gasteiger charge is 2.54. The smallest absolute Gasteiger partial charge is 0.305 e. The maximum atomic E-state index is 12.2. The Hall–Kier alpha value is -2.18. The van der Waals surface area contributed by atoms with Crippen LogP contribution in [0.1, 0.15) is 41.2 Å². The normalized spacial score (nSPS) is 28.2. The molecule has 0 radical (unpaired) electrons. The van der Waals surface area contributed by atoms with Crippen LogP contribution >= 0.6 is 23.1 Å². The van der Waals surface area contributed by atoms with Crippen molar-refractivity contribution in [1.29, 1.82) is 0 Å². The molecule has 2 aliphatic carbocycles. The van der Waals surface area contributed by atoms with Gasteiger partial charge >= 0.3 is 4.87 Å². The number of aromatic amines is 1. The average molecular weight is 452 g/mol. The first-order chi connectivity index (χ1) is 15.2. The third-order valence-corrected chi connectivity index (χ3v) is 9.87. The van der Waals surface area contributed by atoms with E-state index in [1.807, 2.05) is 36.0 Å².